The predicted molar refractivity (Wildman–Crippen MR) is 79.1 cm³/mol. The molecule has 12 nitrogen and oxygen atoms in total. The normalized spacial score (nSPS) is 14.0. The molecule has 0 heterocycles. The predicted octanol–water partition coefficient (Wildman–Crippen LogP) is -4.63. The van der Waals surface area contributed by atoms with Gasteiger partial charge in [0, 0.05) is 0 Å². The third-order valence-electron chi connectivity index (χ3n) is 2.75. The number of rotatable bonds is 10. The molecule has 0 saturated heterocycles. The molecule has 0 spiro atoms. The quantitative estimate of drug-likeness (QED) is 0.203. The summed E-state index contributed by atoms with van der Waals surface area (Å²) in [5.41, 5.74) is 10.2. The van der Waals surface area contributed by atoms with Crippen LogP contribution < -0.4 is 27.4 Å². The first-order valence-electron chi connectivity index (χ1n) is 6.83. The van der Waals surface area contributed by atoms with Crippen molar-refractivity contribution in [2.45, 2.75) is 31.5 Å². The van der Waals surface area contributed by atoms with Crippen molar-refractivity contribution in [1.82, 2.24) is 16.0 Å². The molecular formula is C12H21N5O7. The Morgan fingerprint density at radius 2 is 1.67 bits per heavy atom. The highest BCUT2D eigenvalue weighted by atomic mass is 16.4. The van der Waals surface area contributed by atoms with Gasteiger partial charge in [0.2, 0.25) is 23.6 Å². The second kappa shape index (κ2) is 10.1. The first-order chi connectivity index (χ1) is 11.1. The second-order valence-electron chi connectivity index (χ2n) is 4.87. The summed E-state index contributed by atoms with van der Waals surface area (Å²) >= 11 is 0. The lowest BCUT2D eigenvalue weighted by atomic mass is 10.2. The van der Waals surface area contributed by atoms with Crippen LogP contribution in [0, 0.1) is 0 Å². The molecule has 0 fully saturated rings. The molecule has 3 unspecified atom stereocenters. The maximum atomic E-state index is 11.7. The summed E-state index contributed by atoms with van der Waals surface area (Å²) in [5.74, 6) is -4.55. The van der Waals surface area contributed by atoms with E-state index in [0.717, 1.165) is 0 Å². The zero-order valence-corrected chi connectivity index (χ0v) is 12.9. The zero-order valence-electron chi connectivity index (χ0n) is 12.9. The van der Waals surface area contributed by atoms with Gasteiger partial charge in [0.05, 0.1) is 25.6 Å². The van der Waals surface area contributed by atoms with Gasteiger partial charge in [0.1, 0.15) is 12.1 Å². The van der Waals surface area contributed by atoms with Gasteiger partial charge in [0.25, 0.3) is 0 Å². The van der Waals surface area contributed by atoms with E-state index in [2.05, 4.69) is 10.6 Å². The van der Waals surface area contributed by atoms with E-state index in [0.29, 0.717) is 0 Å². The van der Waals surface area contributed by atoms with Crippen molar-refractivity contribution < 1.29 is 34.2 Å². The van der Waals surface area contributed by atoms with E-state index < -0.39 is 60.9 Å². The van der Waals surface area contributed by atoms with E-state index in [4.69, 9.17) is 21.7 Å². The van der Waals surface area contributed by atoms with Crippen LogP contribution in [0.25, 0.3) is 0 Å². The van der Waals surface area contributed by atoms with Crippen LogP contribution in [-0.2, 0) is 24.0 Å². The summed E-state index contributed by atoms with van der Waals surface area (Å²) in [4.78, 5) is 56.0. The number of nitrogens with two attached hydrogens (primary N) is 2. The number of aliphatic hydroxyl groups is 1. The van der Waals surface area contributed by atoms with Crippen molar-refractivity contribution in [2.75, 3.05) is 13.2 Å². The summed E-state index contributed by atoms with van der Waals surface area (Å²) in [6, 6.07) is -3.80. The zero-order chi connectivity index (χ0) is 18.9. The highest BCUT2D eigenvalue weighted by molar-refractivity contribution is 5.93. The molecule has 0 rings (SSSR count). The Bertz CT molecular complexity index is 510. The lowest BCUT2D eigenvalue weighted by Crippen LogP contribution is -2.53. The van der Waals surface area contributed by atoms with Crippen LogP contribution >= 0.6 is 0 Å². The van der Waals surface area contributed by atoms with Crippen LogP contribution in [0.2, 0.25) is 0 Å². The Hall–Kier alpha value is -2.73. The van der Waals surface area contributed by atoms with Crippen molar-refractivity contribution in [3.8, 4) is 0 Å². The van der Waals surface area contributed by atoms with Gasteiger partial charge in [-0.2, -0.15) is 0 Å². The number of amides is 4. The van der Waals surface area contributed by atoms with Crippen LogP contribution in [0.4, 0.5) is 0 Å². The van der Waals surface area contributed by atoms with E-state index in [1.54, 1.807) is 0 Å². The number of carbonyl (C=O) groups excluding carboxylic acids is 4. The van der Waals surface area contributed by atoms with Gasteiger partial charge in [-0.05, 0) is 6.92 Å². The fourth-order valence-corrected chi connectivity index (χ4v) is 1.45. The van der Waals surface area contributed by atoms with Gasteiger partial charge in [-0.25, -0.2) is 4.79 Å². The average molecular weight is 347 g/mol. The summed E-state index contributed by atoms with van der Waals surface area (Å²) in [6.07, 6.45) is -0.385. The highest BCUT2D eigenvalue weighted by Gasteiger charge is 2.23. The van der Waals surface area contributed by atoms with Gasteiger partial charge < -0.3 is 37.6 Å². The number of primary amides is 1. The minimum atomic E-state index is -1.50. The van der Waals surface area contributed by atoms with E-state index in [1.165, 1.54) is 6.92 Å². The molecule has 12 heteroatoms. The smallest absolute Gasteiger partial charge is 0.328 e. The number of hydrogen-bond donors (Lipinski definition) is 7. The lowest BCUT2D eigenvalue weighted by molar-refractivity contribution is -0.143. The summed E-state index contributed by atoms with van der Waals surface area (Å²) < 4.78 is 0. The molecule has 0 bridgehead atoms. The van der Waals surface area contributed by atoms with Gasteiger partial charge in [-0.1, -0.05) is 0 Å². The number of aliphatic hydroxyl groups excluding tert-OH is 1. The SMILES string of the molecule is CC(NC(=O)CNC(=O)C(N)CC(N)=O)C(=O)NC(CO)C(=O)O. The number of hydrogen-bond acceptors (Lipinski definition) is 7. The van der Waals surface area contributed by atoms with Crippen LogP contribution in [0.3, 0.4) is 0 Å². The van der Waals surface area contributed by atoms with Crippen LogP contribution in [0.5, 0.6) is 0 Å². The van der Waals surface area contributed by atoms with Crippen LogP contribution in [0.15, 0.2) is 0 Å². The van der Waals surface area contributed by atoms with Crippen molar-refractivity contribution in [3.63, 3.8) is 0 Å². The third kappa shape index (κ3) is 8.05. The molecule has 0 aliphatic heterocycles. The van der Waals surface area contributed by atoms with Gasteiger partial charge >= 0.3 is 5.97 Å². The number of carboxylic acid groups (broad SMARTS) is 1. The van der Waals surface area contributed by atoms with Gasteiger partial charge in [-0.15, -0.1) is 0 Å². The van der Waals surface area contributed by atoms with Gasteiger partial charge in [0.15, 0.2) is 0 Å². The number of carboxylic acids is 1. The molecule has 0 saturated carbocycles. The molecule has 0 radical (unpaired) electrons. The summed E-state index contributed by atoms with van der Waals surface area (Å²) in [6.45, 7) is -0.0367. The van der Waals surface area contributed by atoms with Crippen molar-refractivity contribution in [1.29, 1.82) is 0 Å². The molecule has 9 N–H and O–H groups in total. The molecule has 0 aliphatic carbocycles. The second-order valence-corrected chi connectivity index (χ2v) is 4.87. The van der Waals surface area contributed by atoms with E-state index >= 15 is 0 Å². The van der Waals surface area contributed by atoms with Crippen molar-refractivity contribution >= 4 is 29.6 Å². The maximum absolute atomic E-state index is 11.7. The third-order valence-corrected chi connectivity index (χ3v) is 2.75. The highest BCUT2D eigenvalue weighted by Crippen LogP contribution is 1.89. The molecule has 24 heavy (non-hydrogen) atoms. The minimum absolute atomic E-state index is 0.385. The Kier molecular flexibility index (Phi) is 8.97. The molecular weight excluding hydrogens is 326 g/mol. The number of nitrogens with one attached hydrogen (secondary N) is 3. The van der Waals surface area contributed by atoms with E-state index in [9.17, 15) is 24.0 Å². The molecule has 0 aliphatic rings. The monoisotopic (exact) mass is 347 g/mol. The molecule has 0 aromatic heterocycles. The summed E-state index contributed by atoms with van der Waals surface area (Å²) in [5, 5.41) is 23.9. The molecule has 4 amide bonds. The van der Waals surface area contributed by atoms with Gasteiger partial charge in [-0.3, -0.25) is 19.2 Å². The van der Waals surface area contributed by atoms with Crippen molar-refractivity contribution in [3.05, 3.63) is 0 Å². The largest absolute Gasteiger partial charge is 0.480 e. The van der Waals surface area contributed by atoms with Crippen LogP contribution in [-0.4, -0.2) is 71.1 Å². The fraction of sp³-hybridized carbons (Fsp3) is 0.583. The first kappa shape index (κ1) is 21.3. The fourth-order valence-electron chi connectivity index (χ4n) is 1.45. The van der Waals surface area contributed by atoms with Crippen molar-refractivity contribution in [2.24, 2.45) is 11.5 Å². The summed E-state index contributed by atoms with van der Waals surface area (Å²) in [7, 11) is 0. The Labute approximate surface area is 136 Å². The Morgan fingerprint density at radius 1 is 1.08 bits per heavy atom. The molecule has 0 aromatic carbocycles. The molecule has 0 aromatic rings. The first-order valence-corrected chi connectivity index (χ1v) is 6.83. The minimum Gasteiger partial charge on any atom is -0.480 e. The topological polar surface area (TPSA) is 214 Å². The van der Waals surface area contributed by atoms with E-state index in [1.807, 2.05) is 5.32 Å². The molecule has 136 valence electrons. The Morgan fingerprint density at radius 3 is 2.12 bits per heavy atom. The maximum Gasteiger partial charge on any atom is 0.328 e. The number of carbonyl (C=O) groups is 5. The number of aliphatic carboxylic acids is 1. The average Bonchev–Trinajstić information content (AvgIpc) is 2.48. The van der Waals surface area contributed by atoms with E-state index in [-0.39, 0.29) is 6.42 Å². The standard InChI is InChI=1S/C12H21N5O7/c1-5(10(21)17-7(4-18)12(23)24)16-9(20)3-15-11(22)6(13)2-8(14)19/h5-7,18H,2-4,13H2,1H3,(H2,14,19)(H,15,22)(H,16,20)(H,17,21)(H,23,24). The lowest BCUT2D eigenvalue weighted by Gasteiger charge is -2.17. The molecule has 3 atom stereocenters. The Balaban J connectivity index is 4.31. The van der Waals surface area contributed by atoms with Crippen LogP contribution in [0.1, 0.15) is 13.3 Å².